The Morgan fingerprint density at radius 3 is 2.41 bits per heavy atom. The van der Waals surface area contributed by atoms with Crippen LogP contribution in [0.25, 0.3) is 0 Å². The number of carboxylic acids is 1. The van der Waals surface area contributed by atoms with Gasteiger partial charge in [-0.05, 0) is 59.9 Å². The van der Waals surface area contributed by atoms with Crippen molar-refractivity contribution >= 4 is 11.7 Å². The topological polar surface area (TPSA) is 59.0 Å². The van der Waals surface area contributed by atoms with Crippen molar-refractivity contribution in [3.63, 3.8) is 0 Å². The molecule has 0 aromatic heterocycles. The fraction of sp³-hybridized carbons (Fsp3) is 0.296. The van der Waals surface area contributed by atoms with Gasteiger partial charge in [-0.25, -0.2) is 4.79 Å². The lowest BCUT2D eigenvalue weighted by Crippen LogP contribution is -2.33. The lowest BCUT2D eigenvalue weighted by molar-refractivity contribution is -0.164. The van der Waals surface area contributed by atoms with E-state index in [9.17, 15) is 13.6 Å². The number of alkyl halides is 2. The molecule has 4 rings (SSSR count). The maximum Gasteiger partial charge on any atom is 0.374 e. The second kappa shape index (κ2) is 10.5. The van der Waals surface area contributed by atoms with Crippen molar-refractivity contribution in [2.45, 2.75) is 31.8 Å². The maximum atomic E-state index is 13.4. The van der Waals surface area contributed by atoms with Gasteiger partial charge in [0, 0.05) is 18.7 Å². The molecule has 1 N–H and O–H groups in total. The number of nitrogens with zero attached hydrogens (tertiary/aromatic N) is 1. The summed E-state index contributed by atoms with van der Waals surface area (Å²) in [6, 6.07) is 22.1. The predicted octanol–water partition coefficient (Wildman–Crippen LogP) is 5.36. The predicted molar refractivity (Wildman–Crippen MR) is 126 cm³/mol. The van der Waals surface area contributed by atoms with Gasteiger partial charge in [0.1, 0.15) is 24.7 Å². The Bertz CT molecular complexity index is 1100. The molecule has 5 nitrogen and oxygen atoms in total. The smallest absolute Gasteiger partial charge is 0.374 e. The van der Waals surface area contributed by atoms with E-state index >= 15 is 0 Å². The number of ether oxygens (including phenoxy) is 2. The molecule has 0 unspecified atom stereocenters. The van der Waals surface area contributed by atoms with E-state index in [1.807, 2.05) is 42.5 Å². The number of aliphatic carboxylic acids is 1. The minimum atomic E-state index is -3.79. The van der Waals surface area contributed by atoms with Crippen LogP contribution in [-0.4, -0.2) is 36.7 Å². The number of rotatable bonds is 10. The summed E-state index contributed by atoms with van der Waals surface area (Å²) >= 11 is 0. The van der Waals surface area contributed by atoms with E-state index in [-0.39, 0.29) is 5.56 Å². The van der Waals surface area contributed by atoms with Gasteiger partial charge < -0.3 is 19.5 Å². The number of carboxylic acid groups (broad SMARTS) is 1. The quantitative estimate of drug-likeness (QED) is 0.435. The van der Waals surface area contributed by atoms with Crippen LogP contribution in [0.1, 0.15) is 23.1 Å². The largest absolute Gasteiger partial charge is 0.492 e. The molecule has 7 heteroatoms. The van der Waals surface area contributed by atoms with Gasteiger partial charge in [-0.3, -0.25) is 0 Å². The number of halogens is 2. The van der Waals surface area contributed by atoms with Crippen LogP contribution in [0.3, 0.4) is 0 Å². The molecule has 1 aliphatic rings. The summed E-state index contributed by atoms with van der Waals surface area (Å²) < 4.78 is 38.6. The fourth-order valence-corrected chi connectivity index (χ4v) is 4.13. The van der Waals surface area contributed by atoms with E-state index < -0.39 is 18.3 Å². The zero-order valence-corrected chi connectivity index (χ0v) is 18.8. The van der Waals surface area contributed by atoms with Crippen molar-refractivity contribution in [3.8, 4) is 11.5 Å². The van der Waals surface area contributed by atoms with Crippen LogP contribution >= 0.6 is 0 Å². The maximum absolute atomic E-state index is 13.4. The Hall–Kier alpha value is -3.61. The molecule has 34 heavy (non-hydrogen) atoms. The molecule has 0 aliphatic carbocycles. The van der Waals surface area contributed by atoms with E-state index in [2.05, 4.69) is 11.0 Å². The first-order chi connectivity index (χ1) is 16.4. The van der Waals surface area contributed by atoms with Crippen LogP contribution in [0.15, 0.2) is 72.8 Å². The number of hydrogen-bond donors (Lipinski definition) is 1. The summed E-state index contributed by atoms with van der Waals surface area (Å²) in [5.74, 6) is -4.51. The van der Waals surface area contributed by atoms with Gasteiger partial charge in [0.15, 0.2) is 0 Å². The van der Waals surface area contributed by atoms with Crippen LogP contribution in [0.5, 0.6) is 11.5 Å². The van der Waals surface area contributed by atoms with Crippen LogP contribution < -0.4 is 14.4 Å². The lowest BCUT2D eigenvalue weighted by atomic mass is 9.96. The highest BCUT2D eigenvalue weighted by molar-refractivity contribution is 5.75. The Morgan fingerprint density at radius 2 is 1.68 bits per heavy atom. The van der Waals surface area contributed by atoms with Gasteiger partial charge in [-0.2, -0.15) is 8.78 Å². The zero-order valence-electron chi connectivity index (χ0n) is 18.8. The highest BCUT2D eigenvalue weighted by Gasteiger charge is 2.38. The number of para-hydroxylation sites is 1. The van der Waals surface area contributed by atoms with E-state index in [1.54, 1.807) is 12.1 Å². The summed E-state index contributed by atoms with van der Waals surface area (Å²) in [6.45, 7) is 2.71. The first-order valence-corrected chi connectivity index (χ1v) is 11.3. The third-order valence-corrected chi connectivity index (χ3v) is 5.87. The summed E-state index contributed by atoms with van der Waals surface area (Å²) in [6.07, 6.45) is 1.16. The molecule has 178 valence electrons. The summed E-state index contributed by atoms with van der Waals surface area (Å²) in [5.41, 5.74) is 3.78. The summed E-state index contributed by atoms with van der Waals surface area (Å²) in [5, 5.41) is 8.60. The SMILES string of the molecule is O=C(O)C(F)(F)Cc1ccc(OCc2cccc3c2CCCN3CCOc2ccccc2)cc1. The highest BCUT2D eigenvalue weighted by Crippen LogP contribution is 2.31. The molecule has 0 radical (unpaired) electrons. The molecule has 0 saturated heterocycles. The standard InChI is InChI=1S/C27H27F2NO4/c28-27(29,26(31)32)18-20-11-13-23(14-12-20)34-19-21-6-4-10-25-24(21)9-5-15-30(25)16-17-33-22-7-2-1-3-8-22/h1-4,6-8,10-14H,5,9,15-19H2,(H,31,32). The highest BCUT2D eigenvalue weighted by atomic mass is 19.3. The second-order valence-corrected chi connectivity index (χ2v) is 8.29. The Balaban J connectivity index is 1.36. The normalized spacial score (nSPS) is 13.3. The molecule has 1 aliphatic heterocycles. The van der Waals surface area contributed by atoms with Crippen LogP contribution in [0, 0.1) is 0 Å². The molecule has 3 aromatic rings. The van der Waals surface area contributed by atoms with Crippen molar-refractivity contribution in [1.29, 1.82) is 0 Å². The molecule has 0 bridgehead atoms. The average Bonchev–Trinajstić information content (AvgIpc) is 2.84. The zero-order chi connectivity index (χ0) is 24.0. The van der Waals surface area contributed by atoms with E-state index in [1.165, 1.54) is 23.4 Å². The first-order valence-electron chi connectivity index (χ1n) is 11.3. The van der Waals surface area contributed by atoms with Gasteiger partial charge in [0.05, 0.1) is 6.54 Å². The van der Waals surface area contributed by atoms with E-state index in [0.29, 0.717) is 19.0 Å². The summed E-state index contributed by atoms with van der Waals surface area (Å²) in [7, 11) is 0. The van der Waals surface area contributed by atoms with Crippen molar-refractivity contribution in [1.82, 2.24) is 0 Å². The van der Waals surface area contributed by atoms with E-state index in [0.717, 1.165) is 37.2 Å². The molecule has 0 atom stereocenters. The number of fused-ring (bicyclic) bond motifs is 1. The molecule has 0 spiro atoms. The van der Waals surface area contributed by atoms with Gasteiger partial charge in [-0.1, -0.05) is 42.5 Å². The van der Waals surface area contributed by atoms with Crippen LogP contribution in [0.2, 0.25) is 0 Å². The minimum absolute atomic E-state index is 0.241. The Kier molecular flexibility index (Phi) is 7.30. The molecule has 0 amide bonds. The van der Waals surface area contributed by atoms with Crippen LogP contribution in [0.4, 0.5) is 14.5 Å². The molecule has 1 heterocycles. The molecule has 3 aromatic carbocycles. The third-order valence-electron chi connectivity index (χ3n) is 5.87. The van der Waals surface area contributed by atoms with Crippen molar-refractivity contribution in [3.05, 3.63) is 89.5 Å². The molecular weight excluding hydrogens is 440 g/mol. The number of hydrogen-bond acceptors (Lipinski definition) is 4. The van der Waals surface area contributed by atoms with Crippen LogP contribution in [-0.2, 0) is 24.2 Å². The Labute approximate surface area is 197 Å². The lowest BCUT2D eigenvalue weighted by Gasteiger charge is -2.32. The average molecular weight is 468 g/mol. The van der Waals surface area contributed by atoms with Gasteiger partial charge >= 0.3 is 11.9 Å². The monoisotopic (exact) mass is 467 g/mol. The number of carbonyl (C=O) groups is 1. The van der Waals surface area contributed by atoms with Gasteiger partial charge in [0.25, 0.3) is 0 Å². The number of benzene rings is 3. The fourth-order valence-electron chi connectivity index (χ4n) is 4.13. The van der Waals surface area contributed by atoms with Gasteiger partial charge in [0.2, 0.25) is 0 Å². The number of anilines is 1. The third kappa shape index (κ3) is 5.84. The van der Waals surface area contributed by atoms with Gasteiger partial charge in [-0.15, -0.1) is 0 Å². The Morgan fingerprint density at radius 1 is 0.941 bits per heavy atom. The van der Waals surface area contributed by atoms with E-state index in [4.69, 9.17) is 14.6 Å². The molecular formula is C27H27F2NO4. The van der Waals surface area contributed by atoms with Crippen molar-refractivity contribution < 1.29 is 28.2 Å². The molecule has 0 saturated carbocycles. The minimum Gasteiger partial charge on any atom is -0.492 e. The first kappa shape index (κ1) is 23.5. The summed E-state index contributed by atoms with van der Waals surface area (Å²) in [4.78, 5) is 13.0. The van der Waals surface area contributed by atoms with Crippen molar-refractivity contribution in [2.75, 3.05) is 24.6 Å². The molecule has 0 fully saturated rings. The second-order valence-electron chi connectivity index (χ2n) is 8.29. The van der Waals surface area contributed by atoms with Crippen molar-refractivity contribution in [2.24, 2.45) is 0 Å².